The first-order valence-corrected chi connectivity index (χ1v) is 8.06. The number of ether oxygens (including phenoxy) is 5. The lowest BCUT2D eigenvalue weighted by molar-refractivity contribution is -0.118. The van der Waals surface area contributed by atoms with Crippen LogP contribution in [0.3, 0.4) is 0 Å². The Morgan fingerprint density at radius 2 is 1.42 bits per heavy atom. The molecule has 0 heterocycles. The molecule has 2 aromatic rings. The molecule has 7 heteroatoms. The monoisotopic (exact) mass is 361 g/mol. The first-order valence-electron chi connectivity index (χ1n) is 8.06. The van der Waals surface area contributed by atoms with Gasteiger partial charge in [-0.25, -0.2) is 0 Å². The molecule has 0 aliphatic rings. The van der Waals surface area contributed by atoms with Gasteiger partial charge in [-0.3, -0.25) is 4.79 Å². The van der Waals surface area contributed by atoms with Crippen molar-refractivity contribution in [3.63, 3.8) is 0 Å². The van der Waals surface area contributed by atoms with Gasteiger partial charge in [-0.15, -0.1) is 0 Å². The van der Waals surface area contributed by atoms with Crippen LogP contribution in [-0.4, -0.2) is 40.5 Å². The Morgan fingerprint density at radius 3 is 1.88 bits per heavy atom. The van der Waals surface area contributed by atoms with Crippen LogP contribution < -0.4 is 29.0 Å². The van der Waals surface area contributed by atoms with E-state index in [1.54, 1.807) is 36.4 Å². The number of carbonyl (C=O) groups is 1. The maximum Gasteiger partial charge on any atom is 0.262 e. The number of anilines is 1. The van der Waals surface area contributed by atoms with Gasteiger partial charge < -0.3 is 29.0 Å². The van der Waals surface area contributed by atoms with Crippen molar-refractivity contribution >= 4 is 11.6 Å². The van der Waals surface area contributed by atoms with Gasteiger partial charge in [-0.05, 0) is 31.2 Å². The molecule has 0 fully saturated rings. The molecular weight excluding hydrogens is 338 g/mol. The Bertz CT molecular complexity index is 704. The largest absolute Gasteiger partial charge is 0.494 e. The summed E-state index contributed by atoms with van der Waals surface area (Å²) in [5.41, 5.74) is 0.514. The minimum atomic E-state index is -0.312. The van der Waals surface area contributed by atoms with Gasteiger partial charge in [0.25, 0.3) is 5.91 Å². The lowest BCUT2D eigenvalue weighted by atomic mass is 10.2. The normalized spacial score (nSPS) is 10.0. The van der Waals surface area contributed by atoms with Crippen LogP contribution in [0.4, 0.5) is 5.69 Å². The van der Waals surface area contributed by atoms with Crippen LogP contribution in [0.5, 0.6) is 28.7 Å². The zero-order valence-electron chi connectivity index (χ0n) is 15.3. The van der Waals surface area contributed by atoms with Crippen molar-refractivity contribution in [2.75, 3.05) is 39.9 Å². The van der Waals surface area contributed by atoms with E-state index >= 15 is 0 Å². The topological polar surface area (TPSA) is 75.3 Å². The number of benzene rings is 2. The highest BCUT2D eigenvalue weighted by molar-refractivity contribution is 5.92. The minimum Gasteiger partial charge on any atom is -0.494 e. The molecule has 0 spiro atoms. The standard InChI is InChI=1S/C19H23NO6/c1-5-25-14-6-8-15(9-7-14)26-12-18(21)20-13-10-16(22-2)19(24-4)17(11-13)23-3/h6-11H,5,12H2,1-4H3,(H,20,21). The van der Waals surface area contributed by atoms with Crippen molar-refractivity contribution in [1.29, 1.82) is 0 Å². The van der Waals surface area contributed by atoms with E-state index in [4.69, 9.17) is 23.7 Å². The summed E-state index contributed by atoms with van der Waals surface area (Å²) < 4.78 is 26.6. The average Bonchev–Trinajstić information content (AvgIpc) is 2.66. The zero-order chi connectivity index (χ0) is 18.9. The van der Waals surface area contributed by atoms with Crippen LogP contribution in [0.1, 0.15) is 6.92 Å². The van der Waals surface area contributed by atoms with Crippen LogP contribution >= 0.6 is 0 Å². The number of methoxy groups -OCH3 is 3. The lowest BCUT2D eigenvalue weighted by Crippen LogP contribution is -2.20. The third-order valence-electron chi connectivity index (χ3n) is 3.45. The lowest BCUT2D eigenvalue weighted by Gasteiger charge is -2.14. The van der Waals surface area contributed by atoms with Gasteiger partial charge in [-0.2, -0.15) is 0 Å². The van der Waals surface area contributed by atoms with Crippen LogP contribution in [0.15, 0.2) is 36.4 Å². The quantitative estimate of drug-likeness (QED) is 0.740. The Kier molecular flexibility index (Phi) is 6.96. The van der Waals surface area contributed by atoms with Gasteiger partial charge in [0.15, 0.2) is 18.1 Å². The fourth-order valence-electron chi connectivity index (χ4n) is 2.30. The summed E-state index contributed by atoms with van der Waals surface area (Å²) in [4.78, 5) is 12.1. The van der Waals surface area contributed by atoms with Crippen LogP contribution in [0, 0.1) is 0 Å². The van der Waals surface area contributed by atoms with Gasteiger partial charge in [-0.1, -0.05) is 0 Å². The summed E-state index contributed by atoms with van der Waals surface area (Å²) >= 11 is 0. The van der Waals surface area contributed by atoms with Crippen molar-refractivity contribution in [3.8, 4) is 28.7 Å². The molecule has 26 heavy (non-hydrogen) atoms. The maximum absolute atomic E-state index is 12.1. The maximum atomic E-state index is 12.1. The van der Waals surface area contributed by atoms with Gasteiger partial charge in [0.1, 0.15) is 11.5 Å². The molecule has 2 aromatic carbocycles. The van der Waals surface area contributed by atoms with Crippen molar-refractivity contribution in [2.24, 2.45) is 0 Å². The predicted octanol–water partition coefficient (Wildman–Crippen LogP) is 3.13. The van der Waals surface area contributed by atoms with Crippen LogP contribution in [-0.2, 0) is 4.79 Å². The minimum absolute atomic E-state index is 0.134. The molecule has 0 aliphatic carbocycles. The summed E-state index contributed by atoms with van der Waals surface area (Å²) in [7, 11) is 4.54. The Labute approximate surface area is 152 Å². The van der Waals surface area contributed by atoms with Crippen LogP contribution in [0.2, 0.25) is 0 Å². The molecule has 0 aromatic heterocycles. The van der Waals surface area contributed by atoms with Gasteiger partial charge in [0.2, 0.25) is 5.75 Å². The molecular formula is C19H23NO6. The number of hydrogen-bond donors (Lipinski definition) is 1. The van der Waals surface area contributed by atoms with Gasteiger partial charge in [0, 0.05) is 17.8 Å². The van der Waals surface area contributed by atoms with Gasteiger partial charge in [0.05, 0.1) is 27.9 Å². The molecule has 2 rings (SSSR count). The SMILES string of the molecule is CCOc1ccc(OCC(=O)Nc2cc(OC)c(OC)c(OC)c2)cc1. The molecule has 0 aliphatic heterocycles. The highest BCUT2D eigenvalue weighted by Gasteiger charge is 2.14. The molecule has 0 atom stereocenters. The van der Waals surface area contributed by atoms with Crippen molar-refractivity contribution in [3.05, 3.63) is 36.4 Å². The number of carbonyl (C=O) groups excluding carboxylic acids is 1. The molecule has 0 saturated carbocycles. The molecule has 140 valence electrons. The molecule has 0 radical (unpaired) electrons. The number of rotatable bonds is 9. The number of nitrogens with one attached hydrogen (secondary N) is 1. The van der Waals surface area contributed by atoms with Crippen LogP contribution in [0.25, 0.3) is 0 Å². The number of amides is 1. The predicted molar refractivity (Wildman–Crippen MR) is 97.8 cm³/mol. The summed E-state index contributed by atoms with van der Waals surface area (Å²) in [5.74, 6) is 2.38. The molecule has 7 nitrogen and oxygen atoms in total. The first kappa shape index (κ1) is 19.2. The van der Waals surface area contributed by atoms with E-state index in [1.165, 1.54) is 21.3 Å². The second kappa shape index (κ2) is 9.41. The summed E-state index contributed by atoms with van der Waals surface area (Å²) in [6.45, 7) is 2.37. The van der Waals surface area contributed by atoms with Crippen molar-refractivity contribution in [2.45, 2.75) is 6.92 Å². The molecule has 0 unspecified atom stereocenters. The fourth-order valence-corrected chi connectivity index (χ4v) is 2.30. The second-order valence-electron chi connectivity index (χ2n) is 5.16. The van der Waals surface area contributed by atoms with E-state index in [2.05, 4.69) is 5.32 Å². The smallest absolute Gasteiger partial charge is 0.262 e. The second-order valence-corrected chi connectivity index (χ2v) is 5.16. The first-order chi connectivity index (χ1) is 12.6. The Hall–Kier alpha value is -3.09. The average molecular weight is 361 g/mol. The van der Waals surface area contributed by atoms with E-state index in [0.29, 0.717) is 35.3 Å². The van der Waals surface area contributed by atoms with E-state index in [9.17, 15) is 4.79 Å². The molecule has 1 amide bonds. The third kappa shape index (κ3) is 4.95. The van der Waals surface area contributed by atoms with E-state index < -0.39 is 0 Å². The number of hydrogen-bond acceptors (Lipinski definition) is 6. The third-order valence-corrected chi connectivity index (χ3v) is 3.45. The highest BCUT2D eigenvalue weighted by Crippen LogP contribution is 2.39. The van der Waals surface area contributed by atoms with Crippen molar-refractivity contribution < 1.29 is 28.5 Å². The summed E-state index contributed by atoms with van der Waals surface area (Å²) in [5, 5.41) is 2.74. The van der Waals surface area contributed by atoms with E-state index in [-0.39, 0.29) is 12.5 Å². The highest BCUT2D eigenvalue weighted by atomic mass is 16.5. The molecule has 1 N–H and O–H groups in total. The molecule has 0 saturated heterocycles. The summed E-state index contributed by atoms with van der Waals surface area (Å²) in [6, 6.07) is 10.4. The van der Waals surface area contributed by atoms with E-state index in [0.717, 1.165) is 5.75 Å². The Morgan fingerprint density at radius 1 is 0.885 bits per heavy atom. The zero-order valence-corrected chi connectivity index (χ0v) is 15.3. The summed E-state index contributed by atoms with van der Waals surface area (Å²) in [6.07, 6.45) is 0. The fraction of sp³-hybridized carbons (Fsp3) is 0.316. The van der Waals surface area contributed by atoms with E-state index in [1.807, 2.05) is 6.92 Å². The van der Waals surface area contributed by atoms with Gasteiger partial charge >= 0.3 is 0 Å². The Balaban J connectivity index is 1.98. The molecule has 0 bridgehead atoms. The van der Waals surface area contributed by atoms with Crippen molar-refractivity contribution in [1.82, 2.24) is 0 Å².